The second-order valence-corrected chi connectivity index (χ2v) is 4.23. The number of hydrogen-bond acceptors (Lipinski definition) is 2. The van der Waals surface area contributed by atoms with Crippen LogP contribution in [0.3, 0.4) is 0 Å². The highest BCUT2D eigenvalue weighted by molar-refractivity contribution is 6.30. The Morgan fingerprint density at radius 1 is 1.00 bits per heavy atom. The fraction of sp³-hybridized carbons (Fsp3) is 0.133. The largest absolute Gasteiger partial charge is 0.494 e. The van der Waals surface area contributed by atoms with Gasteiger partial charge in [0.05, 0.1) is 6.61 Å². The first-order valence-corrected chi connectivity index (χ1v) is 6.11. The number of carbonyl (C=O) groups excluding carboxylic acids is 1. The minimum atomic E-state index is -0.0188. The molecule has 18 heavy (non-hydrogen) atoms. The van der Waals surface area contributed by atoms with E-state index >= 15 is 0 Å². The first kappa shape index (κ1) is 12.7. The number of carbonyl (C=O) groups is 1. The lowest BCUT2D eigenvalue weighted by Gasteiger charge is -2.04. The van der Waals surface area contributed by atoms with Gasteiger partial charge in [0.1, 0.15) is 5.75 Å². The van der Waals surface area contributed by atoms with Crippen molar-refractivity contribution < 1.29 is 9.53 Å². The van der Waals surface area contributed by atoms with Crippen molar-refractivity contribution in [1.29, 1.82) is 0 Å². The molecule has 0 aromatic heterocycles. The van der Waals surface area contributed by atoms with Crippen LogP contribution in [0, 0.1) is 0 Å². The summed E-state index contributed by atoms with van der Waals surface area (Å²) in [6, 6.07) is 14.0. The Balaban J connectivity index is 2.20. The number of benzene rings is 2. The summed E-state index contributed by atoms with van der Waals surface area (Å²) in [4.78, 5) is 12.1. The molecule has 0 saturated carbocycles. The van der Waals surface area contributed by atoms with E-state index in [9.17, 15) is 4.79 Å². The summed E-state index contributed by atoms with van der Waals surface area (Å²) in [5.74, 6) is 0.750. The molecule has 0 amide bonds. The molecule has 2 rings (SSSR count). The highest BCUT2D eigenvalue weighted by atomic mass is 35.5. The number of ether oxygens (including phenoxy) is 1. The topological polar surface area (TPSA) is 26.3 Å². The summed E-state index contributed by atoms with van der Waals surface area (Å²) in [5, 5.41) is 0.623. The van der Waals surface area contributed by atoms with Gasteiger partial charge in [-0.25, -0.2) is 0 Å². The zero-order valence-corrected chi connectivity index (χ0v) is 10.8. The molecular weight excluding hydrogens is 248 g/mol. The van der Waals surface area contributed by atoms with Gasteiger partial charge in [0.2, 0.25) is 0 Å². The van der Waals surface area contributed by atoms with E-state index in [1.54, 1.807) is 48.5 Å². The maximum absolute atomic E-state index is 12.1. The summed E-state index contributed by atoms with van der Waals surface area (Å²) >= 11 is 5.79. The van der Waals surface area contributed by atoms with Crippen LogP contribution in [0.2, 0.25) is 5.02 Å². The van der Waals surface area contributed by atoms with Gasteiger partial charge in [-0.1, -0.05) is 11.6 Å². The van der Waals surface area contributed by atoms with Crippen LogP contribution >= 0.6 is 11.6 Å². The summed E-state index contributed by atoms with van der Waals surface area (Å²) < 4.78 is 5.33. The van der Waals surface area contributed by atoms with Crippen LogP contribution in [0.5, 0.6) is 5.75 Å². The van der Waals surface area contributed by atoms with Crippen LogP contribution < -0.4 is 4.74 Å². The van der Waals surface area contributed by atoms with E-state index in [-0.39, 0.29) is 5.78 Å². The lowest BCUT2D eigenvalue weighted by molar-refractivity contribution is 0.103. The van der Waals surface area contributed by atoms with E-state index in [0.29, 0.717) is 22.8 Å². The fourth-order valence-electron chi connectivity index (χ4n) is 1.64. The molecular formula is C15H13ClO2. The molecule has 0 fully saturated rings. The molecule has 0 heterocycles. The van der Waals surface area contributed by atoms with Gasteiger partial charge < -0.3 is 4.74 Å². The summed E-state index contributed by atoms with van der Waals surface area (Å²) in [6.45, 7) is 2.54. The van der Waals surface area contributed by atoms with Crippen LogP contribution in [-0.2, 0) is 0 Å². The molecule has 0 N–H and O–H groups in total. The van der Waals surface area contributed by atoms with Gasteiger partial charge in [0.15, 0.2) is 5.78 Å². The average Bonchev–Trinajstić information content (AvgIpc) is 2.40. The van der Waals surface area contributed by atoms with Crippen LogP contribution in [0.25, 0.3) is 0 Å². The van der Waals surface area contributed by atoms with Crippen molar-refractivity contribution in [1.82, 2.24) is 0 Å². The van der Waals surface area contributed by atoms with Crippen molar-refractivity contribution >= 4 is 17.4 Å². The van der Waals surface area contributed by atoms with Gasteiger partial charge in [0.25, 0.3) is 0 Å². The maximum atomic E-state index is 12.1. The average molecular weight is 261 g/mol. The molecule has 0 saturated heterocycles. The van der Waals surface area contributed by atoms with Crippen molar-refractivity contribution in [3.05, 3.63) is 64.7 Å². The molecule has 0 aliphatic rings. The zero-order chi connectivity index (χ0) is 13.0. The standard InChI is InChI=1S/C15H13ClO2/c1-2-18-14-9-5-12(6-10-14)15(17)11-3-7-13(16)8-4-11/h3-10H,2H2,1H3. The number of ketones is 1. The number of halogens is 1. The van der Waals surface area contributed by atoms with Crippen molar-refractivity contribution in [2.45, 2.75) is 6.92 Å². The molecule has 2 nitrogen and oxygen atoms in total. The van der Waals surface area contributed by atoms with E-state index in [2.05, 4.69) is 0 Å². The lowest BCUT2D eigenvalue weighted by atomic mass is 10.0. The van der Waals surface area contributed by atoms with E-state index < -0.39 is 0 Å². The maximum Gasteiger partial charge on any atom is 0.193 e. The zero-order valence-electron chi connectivity index (χ0n) is 10.0. The number of hydrogen-bond donors (Lipinski definition) is 0. The summed E-state index contributed by atoms with van der Waals surface area (Å²) in [6.07, 6.45) is 0. The molecule has 0 radical (unpaired) electrons. The molecule has 0 unspecified atom stereocenters. The van der Waals surface area contributed by atoms with Gasteiger partial charge in [-0.2, -0.15) is 0 Å². The molecule has 2 aromatic carbocycles. The van der Waals surface area contributed by atoms with Crippen molar-refractivity contribution in [3.8, 4) is 5.75 Å². The molecule has 3 heteroatoms. The van der Waals surface area contributed by atoms with Crippen LogP contribution in [-0.4, -0.2) is 12.4 Å². The Hall–Kier alpha value is -1.80. The van der Waals surface area contributed by atoms with Gasteiger partial charge in [-0.15, -0.1) is 0 Å². The Labute approximate surface area is 111 Å². The molecule has 2 aromatic rings. The third-order valence-electron chi connectivity index (χ3n) is 2.53. The second-order valence-electron chi connectivity index (χ2n) is 3.79. The Bertz CT molecular complexity index is 529. The Kier molecular flexibility index (Phi) is 4.00. The third kappa shape index (κ3) is 2.90. The van der Waals surface area contributed by atoms with Crippen LogP contribution in [0.4, 0.5) is 0 Å². The molecule has 0 spiro atoms. The van der Waals surface area contributed by atoms with Crippen molar-refractivity contribution in [2.24, 2.45) is 0 Å². The van der Waals surface area contributed by atoms with Gasteiger partial charge >= 0.3 is 0 Å². The van der Waals surface area contributed by atoms with E-state index in [1.807, 2.05) is 6.92 Å². The SMILES string of the molecule is CCOc1ccc(C(=O)c2ccc(Cl)cc2)cc1. The van der Waals surface area contributed by atoms with E-state index in [4.69, 9.17) is 16.3 Å². The Morgan fingerprint density at radius 3 is 2.00 bits per heavy atom. The highest BCUT2D eigenvalue weighted by Crippen LogP contribution is 2.17. The highest BCUT2D eigenvalue weighted by Gasteiger charge is 2.08. The lowest BCUT2D eigenvalue weighted by Crippen LogP contribution is -2.01. The molecule has 0 bridgehead atoms. The molecule has 0 aliphatic heterocycles. The van der Waals surface area contributed by atoms with Crippen LogP contribution in [0.15, 0.2) is 48.5 Å². The molecule has 92 valence electrons. The molecule has 0 aliphatic carbocycles. The predicted molar refractivity (Wildman–Crippen MR) is 72.5 cm³/mol. The minimum Gasteiger partial charge on any atom is -0.494 e. The molecule has 0 atom stereocenters. The van der Waals surface area contributed by atoms with E-state index in [1.165, 1.54) is 0 Å². The van der Waals surface area contributed by atoms with Crippen molar-refractivity contribution in [3.63, 3.8) is 0 Å². The first-order valence-electron chi connectivity index (χ1n) is 5.74. The smallest absolute Gasteiger partial charge is 0.193 e. The monoisotopic (exact) mass is 260 g/mol. The fourth-order valence-corrected chi connectivity index (χ4v) is 1.76. The normalized spacial score (nSPS) is 10.1. The predicted octanol–water partition coefficient (Wildman–Crippen LogP) is 3.97. The van der Waals surface area contributed by atoms with Gasteiger partial charge in [-0.05, 0) is 55.5 Å². The Morgan fingerprint density at radius 2 is 1.50 bits per heavy atom. The third-order valence-corrected chi connectivity index (χ3v) is 2.79. The summed E-state index contributed by atoms with van der Waals surface area (Å²) in [7, 11) is 0. The van der Waals surface area contributed by atoms with E-state index in [0.717, 1.165) is 5.75 Å². The quantitative estimate of drug-likeness (QED) is 0.778. The number of rotatable bonds is 4. The van der Waals surface area contributed by atoms with Crippen molar-refractivity contribution in [2.75, 3.05) is 6.61 Å². The minimum absolute atomic E-state index is 0.0188. The van der Waals surface area contributed by atoms with Gasteiger partial charge in [0, 0.05) is 16.1 Å². The second kappa shape index (κ2) is 5.69. The van der Waals surface area contributed by atoms with Crippen LogP contribution in [0.1, 0.15) is 22.8 Å². The van der Waals surface area contributed by atoms with Gasteiger partial charge in [-0.3, -0.25) is 4.79 Å². The first-order chi connectivity index (χ1) is 8.70. The summed E-state index contributed by atoms with van der Waals surface area (Å²) in [5.41, 5.74) is 1.27.